The van der Waals surface area contributed by atoms with Crippen molar-refractivity contribution in [3.8, 4) is 45.3 Å². The Balaban J connectivity index is 1.57. The van der Waals surface area contributed by atoms with E-state index in [0.717, 1.165) is 11.1 Å². The molecule has 1 aromatic heterocycles. The predicted molar refractivity (Wildman–Crippen MR) is 134 cm³/mol. The maximum atomic E-state index is 14.7. The summed E-state index contributed by atoms with van der Waals surface area (Å²) in [4.78, 5) is 13.7. The van der Waals surface area contributed by atoms with E-state index in [1.165, 1.54) is 28.8 Å². The molecule has 0 atom stereocenters. The highest BCUT2D eigenvalue weighted by atomic mass is 19.1. The first kappa shape index (κ1) is 21.3. The van der Waals surface area contributed by atoms with Crippen LogP contribution in [-0.2, 0) is 5.41 Å². The summed E-state index contributed by atoms with van der Waals surface area (Å²) in [7, 11) is 0. The van der Waals surface area contributed by atoms with E-state index in [2.05, 4.69) is 59.1 Å². The Kier molecular flexibility index (Phi) is 4.81. The summed E-state index contributed by atoms with van der Waals surface area (Å²) < 4.78 is 29.4. The van der Waals surface area contributed by atoms with Gasteiger partial charge in [0, 0.05) is 11.0 Å². The molecule has 0 bridgehead atoms. The number of nitrogens with zero attached hydrogens (tertiary/aromatic N) is 3. The summed E-state index contributed by atoms with van der Waals surface area (Å²) in [5.41, 5.74) is 5.87. The molecule has 1 aliphatic carbocycles. The quantitative estimate of drug-likeness (QED) is 0.280. The minimum Gasteiger partial charge on any atom is -0.208 e. The number of aromatic nitrogens is 3. The highest BCUT2D eigenvalue weighted by Crippen LogP contribution is 2.49. The Morgan fingerprint density at radius 1 is 0.514 bits per heavy atom. The van der Waals surface area contributed by atoms with Crippen molar-refractivity contribution in [3.63, 3.8) is 0 Å². The van der Waals surface area contributed by atoms with Crippen molar-refractivity contribution in [1.82, 2.24) is 15.0 Å². The van der Waals surface area contributed by atoms with Gasteiger partial charge in [-0.2, -0.15) is 0 Å². The molecule has 0 N–H and O–H groups in total. The standard InChI is InChI=1S/C30H21F2N3/c1-30(2)23-12-6-3-9-19(23)20-16-15-18(17-24(20)30)27-33-28(21-10-4-7-13-25(21)31)35-29(34-27)22-11-5-8-14-26(22)32/h3-17H,1-2H3. The molecule has 5 heteroatoms. The Morgan fingerprint density at radius 2 is 1.00 bits per heavy atom. The van der Waals surface area contributed by atoms with Gasteiger partial charge >= 0.3 is 0 Å². The summed E-state index contributed by atoms with van der Waals surface area (Å²) >= 11 is 0. The average Bonchev–Trinajstić information content (AvgIpc) is 3.11. The van der Waals surface area contributed by atoms with Crippen molar-refractivity contribution in [2.45, 2.75) is 19.3 Å². The van der Waals surface area contributed by atoms with E-state index in [1.807, 2.05) is 12.1 Å². The van der Waals surface area contributed by atoms with Gasteiger partial charge in [0.2, 0.25) is 0 Å². The Hall–Kier alpha value is -4.25. The second-order valence-electron chi connectivity index (χ2n) is 9.20. The van der Waals surface area contributed by atoms with Crippen LogP contribution < -0.4 is 0 Å². The molecule has 0 fully saturated rings. The fourth-order valence-electron chi connectivity index (χ4n) is 4.87. The molecule has 0 aliphatic heterocycles. The molecule has 35 heavy (non-hydrogen) atoms. The van der Waals surface area contributed by atoms with Gasteiger partial charge < -0.3 is 0 Å². The van der Waals surface area contributed by atoms with Gasteiger partial charge in [-0.25, -0.2) is 23.7 Å². The Labute approximate surface area is 202 Å². The van der Waals surface area contributed by atoms with Crippen LogP contribution in [0, 0.1) is 11.6 Å². The van der Waals surface area contributed by atoms with E-state index in [0.29, 0.717) is 5.82 Å². The number of hydrogen-bond donors (Lipinski definition) is 0. The van der Waals surface area contributed by atoms with Crippen LogP contribution in [0.15, 0.2) is 91.0 Å². The zero-order valence-corrected chi connectivity index (χ0v) is 19.3. The van der Waals surface area contributed by atoms with Crippen LogP contribution in [-0.4, -0.2) is 15.0 Å². The van der Waals surface area contributed by atoms with Gasteiger partial charge in [-0.15, -0.1) is 0 Å². The third-order valence-corrected chi connectivity index (χ3v) is 6.71. The summed E-state index contributed by atoms with van der Waals surface area (Å²) in [6.45, 7) is 4.40. The van der Waals surface area contributed by atoms with Gasteiger partial charge in [-0.3, -0.25) is 0 Å². The molecule has 0 saturated carbocycles. The van der Waals surface area contributed by atoms with Gasteiger partial charge in [0.25, 0.3) is 0 Å². The highest BCUT2D eigenvalue weighted by molar-refractivity contribution is 5.83. The van der Waals surface area contributed by atoms with Crippen molar-refractivity contribution in [3.05, 3.63) is 114 Å². The van der Waals surface area contributed by atoms with Gasteiger partial charge in [0.05, 0.1) is 11.1 Å². The normalized spacial score (nSPS) is 13.4. The first-order valence-electron chi connectivity index (χ1n) is 11.4. The molecule has 0 amide bonds. The SMILES string of the molecule is CC1(C)c2ccccc2-c2ccc(-c3nc(-c4ccccc4F)nc(-c4ccccc4F)n3)cc21. The van der Waals surface area contributed by atoms with Crippen LogP contribution in [0.2, 0.25) is 0 Å². The molecular formula is C30H21F2N3. The number of rotatable bonds is 3. The number of halogens is 2. The third kappa shape index (κ3) is 3.43. The second-order valence-corrected chi connectivity index (χ2v) is 9.20. The summed E-state index contributed by atoms with van der Waals surface area (Å²) in [5.74, 6) is -0.209. The van der Waals surface area contributed by atoms with E-state index >= 15 is 0 Å². The van der Waals surface area contributed by atoms with Gasteiger partial charge in [0.15, 0.2) is 17.5 Å². The van der Waals surface area contributed by atoms with E-state index in [4.69, 9.17) is 0 Å². The minimum absolute atomic E-state index is 0.161. The summed E-state index contributed by atoms with van der Waals surface area (Å²) in [6.07, 6.45) is 0. The molecule has 0 unspecified atom stereocenters. The first-order chi connectivity index (χ1) is 16.9. The molecule has 6 rings (SSSR count). The number of fused-ring (bicyclic) bond motifs is 3. The number of hydrogen-bond acceptors (Lipinski definition) is 3. The predicted octanol–water partition coefficient (Wildman–Crippen LogP) is 7.46. The lowest BCUT2D eigenvalue weighted by atomic mass is 9.82. The van der Waals surface area contributed by atoms with Crippen molar-refractivity contribution >= 4 is 0 Å². The van der Waals surface area contributed by atoms with Crippen LogP contribution in [0.5, 0.6) is 0 Å². The van der Waals surface area contributed by atoms with E-state index in [1.54, 1.807) is 36.4 Å². The van der Waals surface area contributed by atoms with Gasteiger partial charge in [-0.1, -0.05) is 74.5 Å². The van der Waals surface area contributed by atoms with Crippen LogP contribution in [0.4, 0.5) is 8.78 Å². The minimum atomic E-state index is -0.449. The van der Waals surface area contributed by atoms with Gasteiger partial charge in [0.1, 0.15) is 11.6 Å². The Bertz CT molecular complexity index is 1540. The van der Waals surface area contributed by atoms with E-state index in [-0.39, 0.29) is 28.2 Å². The topological polar surface area (TPSA) is 38.7 Å². The average molecular weight is 462 g/mol. The molecule has 1 aliphatic rings. The molecule has 0 spiro atoms. The molecule has 3 nitrogen and oxygen atoms in total. The maximum absolute atomic E-state index is 14.7. The van der Waals surface area contributed by atoms with Crippen molar-refractivity contribution in [2.75, 3.05) is 0 Å². The lowest BCUT2D eigenvalue weighted by Gasteiger charge is -2.21. The molecule has 0 radical (unpaired) electrons. The van der Waals surface area contributed by atoms with Gasteiger partial charge in [-0.05, 0) is 52.6 Å². The lowest BCUT2D eigenvalue weighted by Crippen LogP contribution is -2.15. The summed E-state index contributed by atoms with van der Waals surface area (Å²) in [5, 5.41) is 0. The second kappa shape index (κ2) is 7.91. The highest BCUT2D eigenvalue weighted by Gasteiger charge is 2.35. The summed E-state index contributed by atoms with van der Waals surface area (Å²) in [6, 6.07) is 27.1. The smallest absolute Gasteiger partial charge is 0.167 e. The molecule has 170 valence electrons. The fraction of sp³-hybridized carbons (Fsp3) is 0.100. The van der Waals surface area contributed by atoms with Crippen molar-refractivity contribution in [2.24, 2.45) is 0 Å². The van der Waals surface area contributed by atoms with Crippen LogP contribution in [0.3, 0.4) is 0 Å². The van der Waals surface area contributed by atoms with Crippen molar-refractivity contribution < 1.29 is 8.78 Å². The molecular weight excluding hydrogens is 440 g/mol. The molecule has 1 heterocycles. The largest absolute Gasteiger partial charge is 0.208 e. The Morgan fingerprint density at radius 3 is 1.60 bits per heavy atom. The number of benzene rings is 4. The lowest BCUT2D eigenvalue weighted by molar-refractivity contribution is 0.628. The first-order valence-corrected chi connectivity index (χ1v) is 11.4. The van der Waals surface area contributed by atoms with Crippen LogP contribution >= 0.6 is 0 Å². The third-order valence-electron chi connectivity index (χ3n) is 6.71. The maximum Gasteiger partial charge on any atom is 0.167 e. The van der Waals surface area contributed by atoms with E-state index < -0.39 is 11.6 Å². The van der Waals surface area contributed by atoms with Crippen LogP contribution in [0.25, 0.3) is 45.3 Å². The molecule has 5 aromatic rings. The molecule has 0 saturated heterocycles. The van der Waals surface area contributed by atoms with Crippen molar-refractivity contribution in [1.29, 1.82) is 0 Å². The van der Waals surface area contributed by atoms with E-state index in [9.17, 15) is 8.78 Å². The zero-order chi connectivity index (χ0) is 24.2. The monoisotopic (exact) mass is 461 g/mol. The van der Waals surface area contributed by atoms with Crippen LogP contribution in [0.1, 0.15) is 25.0 Å². The fourth-order valence-corrected chi connectivity index (χ4v) is 4.87. The zero-order valence-electron chi connectivity index (χ0n) is 19.3. The molecule has 4 aromatic carbocycles.